The first-order valence-corrected chi connectivity index (χ1v) is 8.15. The normalized spacial score (nSPS) is 18.0. The van der Waals surface area contributed by atoms with Gasteiger partial charge in [-0.15, -0.1) is 0 Å². The van der Waals surface area contributed by atoms with Gasteiger partial charge in [0.1, 0.15) is 5.75 Å². The Morgan fingerprint density at radius 1 is 1.43 bits per heavy atom. The molecule has 122 valence electrons. The van der Waals surface area contributed by atoms with Gasteiger partial charge in [-0.05, 0) is 31.0 Å². The van der Waals surface area contributed by atoms with Gasteiger partial charge in [0.15, 0.2) is 0 Å². The highest BCUT2D eigenvalue weighted by Gasteiger charge is 2.26. The number of carbonyl (C=O) groups excluding carboxylic acids is 1. The van der Waals surface area contributed by atoms with E-state index in [2.05, 4.69) is 5.10 Å². The number of benzene rings is 1. The SMILES string of the molecule is COc1cccc(Cl)c1CC(=O)N1CCC[C@H](n2cccn2)C1. The Morgan fingerprint density at radius 3 is 3.04 bits per heavy atom. The number of halogens is 1. The maximum Gasteiger partial charge on any atom is 0.227 e. The number of amides is 1. The molecular formula is C17H20ClN3O2. The van der Waals surface area contributed by atoms with Gasteiger partial charge in [-0.2, -0.15) is 5.10 Å². The molecule has 1 aliphatic rings. The number of aromatic nitrogens is 2. The van der Waals surface area contributed by atoms with Crippen LogP contribution in [-0.2, 0) is 11.2 Å². The summed E-state index contributed by atoms with van der Waals surface area (Å²) in [5, 5.41) is 4.86. The van der Waals surface area contributed by atoms with Gasteiger partial charge in [-0.3, -0.25) is 9.48 Å². The molecule has 1 saturated heterocycles. The van der Waals surface area contributed by atoms with E-state index in [1.165, 1.54) is 0 Å². The van der Waals surface area contributed by atoms with E-state index in [9.17, 15) is 4.79 Å². The minimum atomic E-state index is 0.0771. The standard InChI is InChI=1S/C17H20ClN3O2/c1-23-16-7-2-6-15(18)14(16)11-17(22)20-9-3-5-13(12-20)21-10-4-8-19-21/h2,4,6-8,10,13H,3,5,9,11-12H2,1H3/t13-/m0/s1. The summed E-state index contributed by atoms with van der Waals surface area (Å²) in [5.41, 5.74) is 0.753. The summed E-state index contributed by atoms with van der Waals surface area (Å²) < 4.78 is 7.27. The number of hydrogen-bond donors (Lipinski definition) is 0. The van der Waals surface area contributed by atoms with Gasteiger partial charge >= 0.3 is 0 Å². The van der Waals surface area contributed by atoms with Crippen molar-refractivity contribution >= 4 is 17.5 Å². The second kappa shape index (κ2) is 7.04. The summed E-state index contributed by atoms with van der Waals surface area (Å²) in [7, 11) is 1.59. The molecule has 5 nitrogen and oxygen atoms in total. The highest BCUT2D eigenvalue weighted by Crippen LogP contribution is 2.28. The van der Waals surface area contributed by atoms with Crippen LogP contribution in [-0.4, -0.2) is 40.8 Å². The molecule has 0 saturated carbocycles. The Morgan fingerprint density at radius 2 is 2.30 bits per heavy atom. The molecule has 1 amide bonds. The fourth-order valence-corrected chi connectivity index (χ4v) is 3.29. The number of carbonyl (C=O) groups is 1. The lowest BCUT2D eigenvalue weighted by Gasteiger charge is -2.33. The van der Waals surface area contributed by atoms with Crippen molar-refractivity contribution in [2.24, 2.45) is 0 Å². The average molecular weight is 334 g/mol. The van der Waals surface area contributed by atoms with Crippen molar-refractivity contribution in [1.82, 2.24) is 14.7 Å². The highest BCUT2D eigenvalue weighted by atomic mass is 35.5. The average Bonchev–Trinajstić information content (AvgIpc) is 3.11. The summed E-state index contributed by atoms with van der Waals surface area (Å²) in [6, 6.07) is 7.60. The second-order valence-electron chi connectivity index (χ2n) is 5.72. The number of piperidine rings is 1. The van der Waals surface area contributed by atoms with Crippen molar-refractivity contribution in [3.05, 3.63) is 47.2 Å². The van der Waals surface area contributed by atoms with Crippen LogP contribution in [0.5, 0.6) is 5.75 Å². The van der Waals surface area contributed by atoms with E-state index in [0.29, 0.717) is 17.3 Å². The van der Waals surface area contributed by atoms with Crippen LogP contribution in [0.2, 0.25) is 5.02 Å². The van der Waals surface area contributed by atoms with Crippen LogP contribution in [0.1, 0.15) is 24.4 Å². The Labute approximate surface area is 140 Å². The molecule has 1 atom stereocenters. The molecule has 0 aliphatic carbocycles. The second-order valence-corrected chi connectivity index (χ2v) is 6.13. The molecular weight excluding hydrogens is 314 g/mol. The molecule has 1 aromatic carbocycles. The van der Waals surface area contributed by atoms with E-state index in [1.807, 2.05) is 34.0 Å². The Balaban J connectivity index is 1.71. The van der Waals surface area contributed by atoms with Crippen LogP contribution in [0.4, 0.5) is 0 Å². The van der Waals surface area contributed by atoms with E-state index < -0.39 is 0 Å². The number of nitrogens with zero attached hydrogens (tertiary/aromatic N) is 3. The minimum Gasteiger partial charge on any atom is -0.496 e. The maximum absolute atomic E-state index is 12.7. The van der Waals surface area contributed by atoms with Crippen molar-refractivity contribution < 1.29 is 9.53 Å². The van der Waals surface area contributed by atoms with Gasteiger partial charge in [0.05, 0.1) is 19.6 Å². The number of rotatable bonds is 4. The molecule has 1 aromatic heterocycles. The molecule has 0 bridgehead atoms. The van der Waals surface area contributed by atoms with E-state index >= 15 is 0 Å². The molecule has 2 heterocycles. The first-order chi connectivity index (χ1) is 11.2. The first kappa shape index (κ1) is 15.9. The monoisotopic (exact) mass is 333 g/mol. The number of hydrogen-bond acceptors (Lipinski definition) is 3. The third kappa shape index (κ3) is 3.50. The third-order valence-electron chi connectivity index (χ3n) is 4.27. The van der Waals surface area contributed by atoms with Crippen molar-refractivity contribution in [3.63, 3.8) is 0 Å². The van der Waals surface area contributed by atoms with Crippen LogP contribution in [0.15, 0.2) is 36.7 Å². The van der Waals surface area contributed by atoms with Crippen LogP contribution in [0, 0.1) is 0 Å². The van der Waals surface area contributed by atoms with Crippen LogP contribution in [0.25, 0.3) is 0 Å². The Kier molecular flexibility index (Phi) is 4.86. The molecule has 0 N–H and O–H groups in total. The summed E-state index contributed by atoms with van der Waals surface area (Å²) in [5.74, 6) is 0.736. The van der Waals surface area contributed by atoms with Crippen molar-refractivity contribution in [2.75, 3.05) is 20.2 Å². The highest BCUT2D eigenvalue weighted by molar-refractivity contribution is 6.31. The molecule has 0 radical (unpaired) electrons. The first-order valence-electron chi connectivity index (χ1n) is 7.77. The van der Waals surface area contributed by atoms with Gasteiger partial charge in [0.25, 0.3) is 0 Å². The molecule has 1 aliphatic heterocycles. The number of likely N-dealkylation sites (tertiary alicyclic amines) is 1. The maximum atomic E-state index is 12.7. The van der Waals surface area contributed by atoms with E-state index in [4.69, 9.17) is 16.3 Å². The summed E-state index contributed by atoms with van der Waals surface area (Å²) in [6.07, 6.45) is 6.01. The van der Waals surface area contributed by atoms with E-state index in [0.717, 1.165) is 24.9 Å². The lowest BCUT2D eigenvalue weighted by molar-refractivity contribution is -0.132. The summed E-state index contributed by atoms with van der Waals surface area (Å²) >= 11 is 6.24. The van der Waals surface area contributed by atoms with Gasteiger partial charge in [-0.25, -0.2) is 0 Å². The predicted octanol–water partition coefficient (Wildman–Crippen LogP) is 2.95. The largest absolute Gasteiger partial charge is 0.496 e. The molecule has 23 heavy (non-hydrogen) atoms. The Hall–Kier alpha value is -2.01. The van der Waals surface area contributed by atoms with Gasteiger partial charge < -0.3 is 9.64 Å². The molecule has 1 fully saturated rings. The van der Waals surface area contributed by atoms with Crippen LogP contribution in [0.3, 0.4) is 0 Å². The molecule has 0 unspecified atom stereocenters. The summed E-state index contributed by atoms with van der Waals surface area (Å²) in [6.45, 7) is 1.47. The van der Waals surface area contributed by atoms with Crippen molar-refractivity contribution in [1.29, 1.82) is 0 Å². The molecule has 0 spiro atoms. The van der Waals surface area contributed by atoms with Crippen molar-refractivity contribution in [3.8, 4) is 5.75 Å². The van der Waals surface area contributed by atoms with Crippen molar-refractivity contribution in [2.45, 2.75) is 25.3 Å². The lowest BCUT2D eigenvalue weighted by atomic mass is 10.0. The minimum absolute atomic E-state index is 0.0771. The fourth-order valence-electron chi connectivity index (χ4n) is 3.06. The van der Waals surface area contributed by atoms with E-state index in [1.54, 1.807) is 19.4 Å². The zero-order valence-corrected chi connectivity index (χ0v) is 13.9. The van der Waals surface area contributed by atoms with Gasteiger partial charge in [-0.1, -0.05) is 17.7 Å². The Bertz CT molecular complexity index is 672. The fraction of sp³-hybridized carbons (Fsp3) is 0.412. The number of ether oxygens (including phenoxy) is 1. The number of methoxy groups -OCH3 is 1. The zero-order valence-electron chi connectivity index (χ0n) is 13.1. The quantitative estimate of drug-likeness (QED) is 0.864. The third-order valence-corrected chi connectivity index (χ3v) is 4.63. The van der Waals surface area contributed by atoms with Crippen LogP contribution < -0.4 is 4.74 Å². The molecule has 2 aromatic rings. The molecule has 6 heteroatoms. The lowest BCUT2D eigenvalue weighted by Crippen LogP contribution is -2.41. The van der Waals surface area contributed by atoms with Crippen LogP contribution >= 0.6 is 11.6 Å². The van der Waals surface area contributed by atoms with Gasteiger partial charge in [0, 0.05) is 36.1 Å². The zero-order chi connectivity index (χ0) is 16.2. The smallest absolute Gasteiger partial charge is 0.227 e. The van der Waals surface area contributed by atoms with Gasteiger partial charge in [0.2, 0.25) is 5.91 Å². The summed E-state index contributed by atoms with van der Waals surface area (Å²) in [4.78, 5) is 14.6. The molecule has 3 rings (SSSR count). The topological polar surface area (TPSA) is 47.4 Å². The predicted molar refractivity (Wildman–Crippen MR) is 88.8 cm³/mol. The van der Waals surface area contributed by atoms with E-state index in [-0.39, 0.29) is 18.4 Å².